The summed E-state index contributed by atoms with van der Waals surface area (Å²) in [6.45, 7) is 4.23. The first-order chi connectivity index (χ1) is 12.1. The SMILES string of the molecule is CCOc1ccccc1N[C@H](C)C(=O)Nc1ccc2[nH]c(=O)[nH]c2c1. The van der Waals surface area contributed by atoms with Crippen molar-refractivity contribution in [2.24, 2.45) is 0 Å². The maximum Gasteiger partial charge on any atom is 0.323 e. The highest BCUT2D eigenvalue weighted by molar-refractivity contribution is 5.97. The van der Waals surface area contributed by atoms with E-state index in [-0.39, 0.29) is 11.6 Å². The number of nitrogens with one attached hydrogen (secondary N) is 4. The van der Waals surface area contributed by atoms with Crippen LogP contribution in [0.2, 0.25) is 0 Å². The summed E-state index contributed by atoms with van der Waals surface area (Å²) in [6, 6.07) is 12.2. The first-order valence-electron chi connectivity index (χ1n) is 8.08. The summed E-state index contributed by atoms with van der Waals surface area (Å²) in [6.07, 6.45) is 0. The quantitative estimate of drug-likeness (QED) is 0.554. The molecular weight excluding hydrogens is 320 g/mol. The second-order valence-corrected chi connectivity index (χ2v) is 5.62. The molecule has 1 atom stereocenters. The summed E-state index contributed by atoms with van der Waals surface area (Å²) < 4.78 is 5.56. The van der Waals surface area contributed by atoms with E-state index < -0.39 is 6.04 Å². The van der Waals surface area contributed by atoms with Crippen LogP contribution in [0.15, 0.2) is 47.3 Å². The zero-order valence-corrected chi connectivity index (χ0v) is 14.1. The van der Waals surface area contributed by atoms with Crippen molar-refractivity contribution in [3.05, 3.63) is 52.9 Å². The van der Waals surface area contributed by atoms with Crippen LogP contribution in [0.5, 0.6) is 5.75 Å². The van der Waals surface area contributed by atoms with Gasteiger partial charge in [0.15, 0.2) is 0 Å². The number of imidazole rings is 1. The van der Waals surface area contributed by atoms with Gasteiger partial charge in [0.2, 0.25) is 5.91 Å². The molecule has 2 aromatic carbocycles. The number of hydrogen-bond acceptors (Lipinski definition) is 4. The van der Waals surface area contributed by atoms with E-state index in [4.69, 9.17) is 4.74 Å². The van der Waals surface area contributed by atoms with E-state index >= 15 is 0 Å². The van der Waals surface area contributed by atoms with Crippen molar-refractivity contribution in [1.29, 1.82) is 0 Å². The van der Waals surface area contributed by atoms with Gasteiger partial charge in [-0.1, -0.05) is 12.1 Å². The van der Waals surface area contributed by atoms with E-state index in [1.807, 2.05) is 31.2 Å². The minimum atomic E-state index is -0.470. The molecule has 1 aromatic heterocycles. The lowest BCUT2D eigenvalue weighted by Crippen LogP contribution is -2.32. The number of rotatable bonds is 6. The third-order valence-electron chi connectivity index (χ3n) is 3.74. The third kappa shape index (κ3) is 3.82. The van der Waals surface area contributed by atoms with Crippen LogP contribution in [0.4, 0.5) is 11.4 Å². The number of ether oxygens (including phenoxy) is 1. The Labute approximate surface area is 144 Å². The number of para-hydroxylation sites is 2. The Balaban J connectivity index is 1.70. The van der Waals surface area contributed by atoms with Crippen molar-refractivity contribution in [3.8, 4) is 5.75 Å². The topological polar surface area (TPSA) is 99.0 Å². The van der Waals surface area contributed by atoms with Gasteiger partial charge in [0.1, 0.15) is 11.8 Å². The van der Waals surface area contributed by atoms with Gasteiger partial charge >= 0.3 is 5.69 Å². The van der Waals surface area contributed by atoms with Gasteiger partial charge in [-0.15, -0.1) is 0 Å². The molecule has 0 aliphatic heterocycles. The molecule has 0 radical (unpaired) electrons. The highest BCUT2D eigenvalue weighted by atomic mass is 16.5. The first kappa shape index (κ1) is 16.6. The molecule has 0 spiro atoms. The zero-order chi connectivity index (χ0) is 17.8. The van der Waals surface area contributed by atoms with Crippen molar-refractivity contribution < 1.29 is 9.53 Å². The molecule has 0 aliphatic rings. The fraction of sp³-hybridized carbons (Fsp3) is 0.222. The van der Waals surface area contributed by atoms with Crippen LogP contribution >= 0.6 is 0 Å². The highest BCUT2D eigenvalue weighted by Crippen LogP contribution is 2.24. The summed E-state index contributed by atoms with van der Waals surface area (Å²) in [7, 11) is 0. The molecule has 0 fully saturated rings. The molecule has 0 bridgehead atoms. The smallest absolute Gasteiger partial charge is 0.323 e. The summed E-state index contributed by atoms with van der Waals surface area (Å²) >= 11 is 0. The van der Waals surface area contributed by atoms with Crippen LogP contribution in [-0.4, -0.2) is 28.5 Å². The Bertz CT molecular complexity index is 945. The number of benzene rings is 2. The van der Waals surface area contributed by atoms with Crippen LogP contribution in [-0.2, 0) is 4.79 Å². The van der Waals surface area contributed by atoms with E-state index in [9.17, 15) is 9.59 Å². The number of H-pyrrole nitrogens is 2. The Kier molecular flexibility index (Phi) is 4.74. The van der Waals surface area contributed by atoms with E-state index in [0.29, 0.717) is 29.1 Å². The second-order valence-electron chi connectivity index (χ2n) is 5.62. The van der Waals surface area contributed by atoms with Crippen LogP contribution < -0.4 is 21.1 Å². The molecule has 1 amide bonds. The maximum absolute atomic E-state index is 12.4. The number of hydrogen-bond donors (Lipinski definition) is 4. The molecule has 3 aromatic rings. The van der Waals surface area contributed by atoms with Gasteiger partial charge in [0, 0.05) is 5.69 Å². The van der Waals surface area contributed by atoms with Crippen molar-refractivity contribution in [2.75, 3.05) is 17.2 Å². The van der Waals surface area contributed by atoms with Crippen molar-refractivity contribution >= 4 is 28.3 Å². The predicted molar refractivity (Wildman–Crippen MR) is 98.2 cm³/mol. The summed E-state index contributed by atoms with van der Waals surface area (Å²) in [5.74, 6) is 0.513. The molecule has 7 nitrogen and oxygen atoms in total. The second kappa shape index (κ2) is 7.12. The molecule has 7 heteroatoms. The van der Waals surface area contributed by atoms with Gasteiger partial charge < -0.3 is 25.3 Å². The Morgan fingerprint density at radius 1 is 1.16 bits per heavy atom. The number of carbonyl (C=O) groups is 1. The Morgan fingerprint density at radius 2 is 1.92 bits per heavy atom. The molecule has 1 heterocycles. The van der Waals surface area contributed by atoms with Gasteiger partial charge in [0.05, 0.1) is 23.3 Å². The number of carbonyl (C=O) groups excluding carboxylic acids is 1. The fourth-order valence-electron chi connectivity index (χ4n) is 2.53. The van der Waals surface area contributed by atoms with E-state index in [0.717, 1.165) is 5.69 Å². The van der Waals surface area contributed by atoms with Gasteiger partial charge in [0.25, 0.3) is 0 Å². The van der Waals surface area contributed by atoms with Gasteiger partial charge in [-0.05, 0) is 44.2 Å². The van der Waals surface area contributed by atoms with E-state index in [1.165, 1.54) is 0 Å². The van der Waals surface area contributed by atoms with E-state index in [1.54, 1.807) is 25.1 Å². The maximum atomic E-state index is 12.4. The third-order valence-corrected chi connectivity index (χ3v) is 3.74. The lowest BCUT2D eigenvalue weighted by molar-refractivity contribution is -0.116. The zero-order valence-electron chi connectivity index (χ0n) is 14.1. The lowest BCUT2D eigenvalue weighted by atomic mass is 10.2. The predicted octanol–water partition coefficient (Wildman–Crippen LogP) is 2.69. The first-order valence-corrected chi connectivity index (χ1v) is 8.08. The lowest BCUT2D eigenvalue weighted by Gasteiger charge is -2.17. The normalized spacial score (nSPS) is 11.9. The summed E-state index contributed by atoms with van der Waals surface area (Å²) in [4.78, 5) is 29.1. The molecule has 0 saturated carbocycles. The molecule has 0 aliphatic carbocycles. The van der Waals surface area contributed by atoms with Crippen LogP contribution in [0, 0.1) is 0 Å². The monoisotopic (exact) mass is 340 g/mol. The molecule has 0 saturated heterocycles. The molecule has 3 rings (SSSR count). The molecule has 130 valence electrons. The summed E-state index contributed by atoms with van der Waals surface area (Å²) in [5.41, 5.74) is 2.43. The van der Waals surface area contributed by atoms with Gasteiger partial charge in [-0.25, -0.2) is 4.79 Å². The number of aromatic nitrogens is 2. The van der Waals surface area contributed by atoms with Crippen LogP contribution in [0.1, 0.15) is 13.8 Å². The van der Waals surface area contributed by atoms with Crippen molar-refractivity contribution in [2.45, 2.75) is 19.9 Å². The van der Waals surface area contributed by atoms with E-state index in [2.05, 4.69) is 20.6 Å². The molecular formula is C18H20N4O3. The largest absolute Gasteiger partial charge is 0.492 e. The minimum absolute atomic E-state index is 0.191. The van der Waals surface area contributed by atoms with Gasteiger partial charge in [-0.3, -0.25) is 4.79 Å². The standard InChI is InChI=1S/C18H20N4O3/c1-3-25-16-7-5-4-6-14(16)19-11(2)17(23)20-12-8-9-13-15(10-12)22-18(24)21-13/h4-11,19H,3H2,1-2H3,(H,20,23)(H2,21,22,24)/t11-/m1/s1. The molecule has 0 unspecified atom stereocenters. The molecule has 25 heavy (non-hydrogen) atoms. The number of aromatic amines is 2. The Hall–Kier alpha value is -3.22. The number of amides is 1. The number of fused-ring (bicyclic) bond motifs is 1. The van der Waals surface area contributed by atoms with Gasteiger partial charge in [-0.2, -0.15) is 0 Å². The highest BCUT2D eigenvalue weighted by Gasteiger charge is 2.15. The molecule has 4 N–H and O–H groups in total. The van der Waals surface area contributed by atoms with Crippen molar-refractivity contribution in [1.82, 2.24) is 9.97 Å². The summed E-state index contributed by atoms with van der Waals surface area (Å²) in [5, 5.41) is 5.99. The average molecular weight is 340 g/mol. The average Bonchev–Trinajstić information content (AvgIpc) is 2.96. The minimum Gasteiger partial charge on any atom is -0.492 e. The number of anilines is 2. The van der Waals surface area contributed by atoms with Crippen LogP contribution in [0.25, 0.3) is 11.0 Å². The Morgan fingerprint density at radius 3 is 2.72 bits per heavy atom. The van der Waals surface area contributed by atoms with Crippen molar-refractivity contribution in [3.63, 3.8) is 0 Å². The van der Waals surface area contributed by atoms with Crippen LogP contribution in [0.3, 0.4) is 0 Å². The fourth-order valence-corrected chi connectivity index (χ4v) is 2.53.